The summed E-state index contributed by atoms with van der Waals surface area (Å²) in [6.45, 7) is 8.99. The summed E-state index contributed by atoms with van der Waals surface area (Å²) in [5.74, 6) is 0. The Balaban J connectivity index is 2.68. The monoisotopic (exact) mass is 328 g/mol. The van der Waals surface area contributed by atoms with Gasteiger partial charge in [0.1, 0.15) is 0 Å². The van der Waals surface area contributed by atoms with Crippen molar-refractivity contribution in [3.05, 3.63) is 28.2 Å². The first-order valence-corrected chi connectivity index (χ1v) is 7.75. The zero-order valence-electron chi connectivity index (χ0n) is 12.2. The first kappa shape index (κ1) is 16.5. The van der Waals surface area contributed by atoms with Gasteiger partial charge in [0.2, 0.25) is 0 Å². The summed E-state index contributed by atoms with van der Waals surface area (Å²) < 4.78 is 6.32. The third-order valence-corrected chi connectivity index (χ3v) is 3.83. The number of rotatable bonds is 9. The fraction of sp³-hybridized carbons (Fsp3) is 0.600. The van der Waals surface area contributed by atoms with Crippen LogP contribution in [0.3, 0.4) is 0 Å². The van der Waals surface area contributed by atoms with Crippen LogP contribution in [0.4, 0.5) is 5.69 Å². The van der Waals surface area contributed by atoms with Crippen LogP contribution in [0.1, 0.15) is 25.8 Å². The van der Waals surface area contributed by atoms with Crippen molar-refractivity contribution in [2.75, 3.05) is 38.3 Å². The lowest BCUT2D eigenvalue weighted by Crippen LogP contribution is -2.26. The number of nitrogens with zero attached hydrogens (tertiary/aromatic N) is 1. The van der Waals surface area contributed by atoms with Crippen molar-refractivity contribution in [1.29, 1.82) is 0 Å². The Morgan fingerprint density at radius 3 is 2.68 bits per heavy atom. The molecule has 0 aromatic heterocycles. The summed E-state index contributed by atoms with van der Waals surface area (Å²) >= 11 is 3.67. The van der Waals surface area contributed by atoms with Crippen molar-refractivity contribution in [3.63, 3.8) is 0 Å². The predicted molar refractivity (Wildman–Crippen MR) is 85.9 cm³/mol. The van der Waals surface area contributed by atoms with Crippen molar-refractivity contribution in [3.8, 4) is 0 Å². The van der Waals surface area contributed by atoms with E-state index in [4.69, 9.17) is 4.74 Å². The molecule has 0 heterocycles. The second-order valence-electron chi connectivity index (χ2n) is 4.52. The largest absolute Gasteiger partial charge is 0.383 e. The van der Waals surface area contributed by atoms with Gasteiger partial charge in [-0.1, -0.05) is 28.9 Å². The van der Waals surface area contributed by atoms with Crippen LogP contribution in [0, 0.1) is 0 Å². The lowest BCUT2D eigenvalue weighted by atomic mass is 10.2. The Hall–Kier alpha value is -0.580. The van der Waals surface area contributed by atoms with Crippen LogP contribution < -0.4 is 10.2 Å². The van der Waals surface area contributed by atoms with Gasteiger partial charge < -0.3 is 15.0 Å². The van der Waals surface area contributed by atoms with Gasteiger partial charge in [0.25, 0.3) is 0 Å². The van der Waals surface area contributed by atoms with E-state index in [-0.39, 0.29) is 0 Å². The van der Waals surface area contributed by atoms with Crippen LogP contribution in [-0.2, 0) is 11.3 Å². The number of nitrogens with one attached hydrogen (secondary N) is 1. The van der Waals surface area contributed by atoms with Gasteiger partial charge in [-0.2, -0.15) is 0 Å². The zero-order chi connectivity index (χ0) is 14.1. The van der Waals surface area contributed by atoms with Crippen molar-refractivity contribution in [1.82, 2.24) is 5.32 Å². The molecule has 0 saturated carbocycles. The molecular weight excluding hydrogens is 304 g/mol. The molecule has 1 aromatic carbocycles. The number of likely N-dealkylation sites (N-methyl/N-ethyl adjacent to an activating group) is 1. The number of hydrogen-bond donors (Lipinski definition) is 1. The van der Waals surface area contributed by atoms with Gasteiger partial charge in [-0.15, -0.1) is 0 Å². The van der Waals surface area contributed by atoms with E-state index in [2.05, 4.69) is 58.2 Å². The maximum absolute atomic E-state index is 5.15. The van der Waals surface area contributed by atoms with Gasteiger partial charge in [0, 0.05) is 36.9 Å². The molecule has 0 radical (unpaired) electrons. The van der Waals surface area contributed by atoms with Gasteiger partial charge in [0.05, 0.1) is 6.61 Å². The Labute approximate surface area is 125 Å². The molecule has 0 aliphatic heterocycles. The van der Waals surface area contributed by atoms with Gasteiger partial charge in [-0.05, 0) is 37.6 Å². The Kier molecular flexibility index (Phi) is 8.10. The predicted octanol–water partition coefficient (Wildman–Crippen LogP) is 3.42. The smallest absolute Gasteiger partial charge is 0.0637 e. The minimum atomic E-state index is 0.755. The highest BCUT2D eigenvalue weighted by molar-refractivity contribution is 9.10. The average Bonchev–Trinajstić information content (AvgIpc) is 2.42. The quantitative estimate of drug-likeness (QED) is 0.703. The lowest BCUT2D eigenvalue weighted by molar-refractivity contribution is 0.205. The van der Waals surface area contributed by atoms with Crippen LogP contribution in [0.25, 0.3) is 0 Å². The van der Waals surface area contributed by atoms with E-state index in [0.29, 0.717) is 0 Å². The molecule has 0 saturated heterocycles. The zero-order valence-corrected chi connectivity index (χ0v) is 13.8. The van der Waals surface area contributed by atoms with E-state index in [1.165, 1.54) is 15.7 Å². The first-order valence-electron chi connectivity index (χ1n) is 6.95. The molecular formula is C15H25BrN2O. The molecule has 4 heteroatoms. The van der Waals surface area contributed by atoms with Crippen LogP contribution in [0.15, 0.2) is 22.7 Å². The van der Waals surface area contributed by atoms with E-state index >= 15 is 0 Å². The molecule has 0 aliphatic rings. The van der Waals surface area contributed by atoms with Gasteiger partial charge in [-0.3, -0.25) is 0 Å². The fourth-order valence-corrected chi connectivity index (χ4v) is 2.45. The minimum absolute atomic E-state index is 0.755. The first-order chi connectivity index (χ1) is 9.22. The maximum atomic E-state index is 5.15. The van der Waals surface area contributed by atoms with E-state index in [9.17, 15) is 0 Å². The molecule has 108 valence electrons. The number of methoxy groups -OCH3 is 1. The maximum Gasteiger partial charge on any atom is 0.0637 e. The highest BCUT2D eigenvalue weighted by Gasteiger charge is 2.07. The standard InChI is InChI=1S/C15H25BrN2O/c1-4-8-17-12-13-6-7-14(11-15(13)16)18(5-2)9-10-19-3/h6-7,11,17H,4-5,8-10,12H2,1-3H3. The Morgan fingerprint density at radius 1 is 1.32 bits per heavy atom. The Bertz CT molecular complexity index is 371. The van der Waals surface area contributed by atoms with Crippen molar-refractivity contribution in [2.45, 2.75) is 26.8 Å². The highest BCUT2D eigenvalue weighted by Crippen LogP contribution is 2.24. The number of ether oxygens (including phenoxy) is 1. The number of hydrogen-bond acceptors (Lipinski definition) is 3. The van der Waals surface area contributed by atoms with E-state index < -0.39 is 0 Å². The molecule has 1 aromatic rings. The summed E-state index contributed by atoms with van der Waals surface area (Å²) in [5.41, 5.74) is 2.55. The summed E-state index contributed by atoms with van der Waals surface area (Å²) in [5, 5.41) is 3.43. The summed E-state index contributed by atoms with van der Waals surface area (Å²) in [4.78, 5) is 2.32. The van der Waals surface area contributed by atoms with E-state index in [0.717, 1.165) is 39.2 Å². The molecule has 19 heavy (non-hydrogen) atoms. The average molecular weight is 329 g/mol. The van der Waals surface area contributed by atoms with Crippen molar-refractivity contribution in [2.24, 2.45) is 0 Å². The third kappa shape index (κ3) is 5.51. The molecule has 3 nitrogen and oxygen atoms in total. The number of benzene rings is 1. The van der Waals surface area contributed by atoms with Crippen molar-refractivity contribution >= 4 is 21.6 Å². The second kappa shape index (κ2) is 9.34. The third-order valence-electron chi connectivity index (χ3n) is 3.09. The fourth-order valence-electron chi connectivity index (χ4n) is 1.95. The molecule has 0 fully saturated rings. The summed E-state index contributed by atoms with van der Waals surface area (Å²) in [7, 11) is 1.74. The van der Waals surface area contributed by atoms with E-state index in [1.807, 2.05) is 0 Å². The molecule has 0 spiro atoms. The minimum Gasteiger partial charge on any atom is -0.383 e. The summed E-state index contributed by atoms with van der Waals surface area (Å²) in [6.07, 6.45) is 1.16. The normalized spacial score (nSPS) is 10.7. The van der Waals surface area contributed by atoms with Crippen LogP contribution in [0.2, 0.25) is 0 Å². The molecule has 1 rings (SSSR count). The van der Waals surface area contributed by atoms with Crippen molar-refractivity contribution < 1.29 is 4.74 Å². The lowest BCUT2D eigenvalue weighted by Gasteiger charge is -2.23. The second-order valence-corrected chi connectivity index (χ2v) is 5.38. The van der Waals surface area contributed by atoms with E-state index in [1.54, 1.807) is 7.11 Å². The molecule has 0 unspecified atom stereocenters. The van der Waals surface area contributed by atoms with Crippen LogP contribution in [0.5, 0.6) is 0 Å². The number of halogens is 1. The topological polar surface area (TPSA) is 24.5 Å². The highest BCUT2D eigenvalue weighted by atomic mass is 79.9. The van der Waals surface area contributed by atoms with Crippen LogP contribution >= 0.6 is 15.9 Å². The molecule has 0 bridgehead atoms. The van der Waals surface area contributed by atoms with Gasteiger partial charge in [-0.25, -0.2) is 0 Å². The number of anilines is 1. The van der Waals surface area contributed by atoms with Gasteiger partial charge >= 0.3 is 0 Å². The Morgan fingerprint density at radius 2 is 2.11 bits per heavy atom. The molecule has 0 atom stereocenters. The van der Waals surface area contributed by atoms with Crippen LogP contribution in [-0.4, -0.2) is 33.4 Å². The molecule has 0 aliphatic carbocycles. The SMILES string of the molecule is CCCNCc1ccc(N(CC)CCOC)cc1Br. The molecule has 1 N–H and O–H groups in total. The molecule has 0 amide bonds. The summed E-state index contributed by atoms with van der Waals surface area (Å²) in [6, 6.07) is 6.58. The van der Waals surface area contributed by atoms with Gasteiger partial charge in [0.15, 0.2) is 0 Å².